The minimum Gasteiger partial charge on any atom is -0.497 e. The molecule has 39 heavy (non-hydrogen) atoms. The zero-order valence-electron chi connectivity index (χ0n) is 23.9. The number of benzene rings is 1. The monoisotopic (exact) mass is 532 g/mol. The molecule has 0 spiro atoms. The maximum absolute atomic E-state index is 5.98. The lowest BCUT2D eigenvalue weighted by atomic mass is 9.91. The number of rotatable bonds is 7. The molecule has 10 nitrogen and oxygen atoms in total. The number of nitrogens with zero attached hydrogens (tertiary/aromatic N) is 8. The minimum absolute atomic E-state index is 0.205. The summed E-state index contributed by atoms with van der Waals surface area (Å²) in [5.74, 6) is 3.80. The topological polar surface area (TPSA) is 85.8 Å². The molecule has 0 amide bonds. The molecule has 0 N–H and O–H groups in total. The van der Waals surface area contributed by atoms with E-state index >= 15 is 0 Å². The van der Waals surface area contributed by atoms with Gasteiger partial charge in [-0.15, -0.1) is 10.2 Å². The van der Waals surface area contributed by atoms with Gasteiger partial charge in [0.25, 0.3) is 5.78 Å². The first-order chi connectivity index (χ1) is 18.9. The second kappa shape index (κ2) is 10.4. The van der Waals surface area contributed by atoms with Crippen LogP contribution in [0.2, 0.25) is 0 Å². The maximum atomic E-state index is 5.98. The van der Waals surface area contributed by atoms with Gasteiger partial charge in [-0.2, -0.15) is 4.98 Å². The van der Waals surface area contributed by atoms with Crippen LogP contribution in [0.3, 0.4) is 0 Å². The molecule has 2 fully saturated rings. The summed E-state index contributed by atoms with van der Waals surface area (Å²) in [6.07, 6.45) is 4.13. The number of imidazole rings is 1. The van der Waals surface area contributed by atoms with Crippen LogP contribution in [-0.4, -0.2) is 79.0 Å². The fourth-order valence-electron chi connectivity index (χ4n) is 6.58. The third kappa shape index (κ3) is 4.63. The van der Waals surface area contributed by atoms with Gasteiger partial charge in [-0.05, 0) is 57.2 Å². The van der Waals surface area contributed by atoms with Gasteiger partial charge < -0.3 is 18.9 Å². The molecule has 4 aromatic rings. The Morgan fingerprint density at radius 1 is 1.13 bits per heavy atom. The van der Waals surface area contributed by atoms with Crippen molar-refractivity contribution in [2.24, 2.45) is 5.92 Å². The normalized spacial score (nSPS) is 23.4. The number of piperazine rings is 1. The minimum atomic E-state index is 0.205. The molecule has 4 atom stereocenters. The van der Waals surface area contributed by atoms with E-state index in [4.69, 9.17) is 19.4 Å². The molecule has 0 aliphatic carbocycles. The van der Waals surface area contributed by atoms with E-state index in [1.165, 1.54) is 5.56 Å². The quantitative estimate of drug-likeness (QED) is 0.349. The van der Waals surface area contributed by atoms with Crippen molar-refractivity contribution in [3.05, 3.63) is 42.0 Å². The predicted molar refractivity (Wildman–Crippen MR) is 151 cm³/mol. The van der Waals surface area contributed by atoms with E-state index in [0.717, 1.165) is 67.6 Å². The number of hydrogen-bond acceptors (Lipinski definition) is 8. The fourth-order valence-corrected chi connectivity index (χ4v) is 6.58. The molecule has 2 saturated heterocycles. The van der Waals surface area contributed by atoms with Gasteiger partial charge in [-0.25, -0.2) is 9.38 Å². The number of aryl methyl sites for hydroxylation is 1. The average Bonchev–Trinajstić information content (AvgIpc) is 3.67. The summed E-state index contributed by atoms with van der Waals surface area (Å²) in [6.45, 7) is 14.7. The van der Waals surface area contributed by atoms with Gasteiger partial charge in [0, 0.05) is 37.8 Å². The summed E-state index contributed by atoms with van der Waals surface area (Å²) in [6, 6.07) is 9.35. The number of hydrogen-bond donors (Lipinski definition) is 0. The van der Waals surface area contributed by atoms with Crippen molar-refractivity contribution in [1.82, 2.24) is 34.0 Å². The highest BCUT2D eigenvalue weighted by Crippen LogP contribution is 2.37. The molecule has 0 radical (unpaired) electrons. The highest BCUT2D eigenvalue weighted by atomic mass is 16.5. The van der Waals surface area contributed by atoms with E-state index in [-0.39, 0.29) is 12.1 Å². The van der Waals surface area contributed by atoms with Gasteiger partial charge in [0.1, 0.15) is 23.4 Å². The first-order valence-corrected chi connectivity index (χ1v) is 14.2. The molecule has 3 aromatic heterocycles. The van der Waals surface area contributed by atoms with Crippen LogP contribution >= 0.6 is 0 Å². The smallest absolute Gasteiger partial charge is 0.258 e. The third-order valence-corrected chi connectivity index (χ3v) is 8.45. The summed E-state index contributed by atoms with van der Waals surface area (Å²) in [5.41, 5.74) is 3.19. The highest BCUT2D eigenvalue weighted by Gasteiger charge is 2.37. The molecule has 0 saturated carbocycles. The summed E-state index contributed by atoms with van der Waals surface area (Å²) in [4.78, 5) is 15.2. The van der Waals surface area contributed by atoms with Crippen LogP contribution in [0.5, 0.6) is 5.75 Å². The number of aromatic nitrogens is 6. The van der Waals surface area contributed by atoms with E-state index in [0.29, 0.717) is 23.8 Å². The zero-order chi connectivity index (χ0) is 27.3. The molecule has 10 heteroatoms. The van der Waals surface area contributed by atoms with Crippen molar-refractivity contribution < 1.29 is 9.47 Å². The van der Waals surface area contributed by atoms with Crippen molar-refractivity contribution in [3.63, 3.8) is 0 Å². The Morgan fingerprint density at radius 3 is 2.72 bits per heavy atom. The van der Waals surface area contributed by atoms with E-state index in [1.807, 2.05) is 10.5 Å². The van der Waals surface area contributed by atoms with Crippen LogP contribution in [0.25, 0.3) is 16.9 Å². The Labute approximate surface area is 229 Å². The molecule has 0 bridgehead atoms. The van der Waals surface area contributed by atoms with Crippen LogP contribution < -0.4 is 9.64 Å². The van der Waals surface area contributed by atoms with E-state index in [9.17, 15) is 0 Å². The second-order valence-corrected chi connectivity index (χ2v) is 11.5. The molecule has 1 aromatic carbocycles. The summed E-state index contributed by atoms with van der Waals surface area (Å²) >= 11 is 0. The first kappa shape index (κ1) is 26.0. The summed E-state index contributed by atoms with van der Waals surface area (Å²) < 4.78 is 15.8. The summed E-state index contributed by atoms with van der Waals surface area (Å²) in [7, 11) is 1.73. The first-order valence-electron chi connectivity index (χ1n) is 14.2. The lowest BCUT2D eigenvalue weighted by Crippen LogP contribution is -2.58. The fraction of sp³-hybridized carbons (Fsp3) is 0.586. The van der Waals surface area contributed by atoms with Crippen LogP contribution in [0, 0.1) is 12.8 Å². The standard InChI is InChI=1S/C29H40N8O2/c1-18(2)26(22-9-7-10-23(13-22)38-6)34-14-20(4)35(15-19(34)3)27-25-28(37-17-30-33-29(37)32-27)36(21(5)31-25)16-24-11-8-12-39-24/h7,9-10,13,17-20,24,26H,8,11-12,14-16H2,1-6H3/t19-,20+,24+,26+/m1/s1. The van der Waals surface area contributed by atoms with Crippen molar-refractivity contribution in [2.45, 2.75) is 78.2 Å². The van der Waals surface area contributed by atoms with Gasteiger partial charge in [-0.3, -0.25) is 4.90 Å². The maximum Gasteiger partial charge on any atom is 0.258 e. The third-order valence-electron chi connectivity index (χ3n) is 8.45. The molecule has 2 aliphatic rings. The SMILES string of the molecule is COc1cccc([C@H](C(C)C)N2C[C@H](C)N(c3nc4nncn4c4c3nc(C)n4C[C@@H]3CCCO3)C[C@H]2C)c1. The Morgan fingerprint density at radius 2 is 1.97 bits per heavy atom. The molecule has 2 aliphatic heterocycles. The Kier molecular flexibility index (Phi) is 6.93. The van der Waals surface area contributed by atoms with E-state index in [2.05, 4.69) is 77.4 Å². The van der Waals surface area contributed by atoms with Crippen LogP contribution in [0.4, 0.5) is 5.82 Å². The number of fused-ring (bicyclic) bond motifs is 3. The van der Waals surface area contributed by atoms with Gasteiger partial charge >= 0.3 is 0 Å². The van der Waals surface area contributed by atoms with Crippen LogP contribution in [0.15, 0.2) is 30.6 Å². The average molecular weight is 533 g/mol. The van der Waals surface area contributed by atoms with Gasteiger partial charge in [0.2, 0.25) is 0 Å². The van der Waals surface area contributed by atoms with Crippen molar-refractivity contribution in [2.75, 3.05) is 31.7 Å². The van der Waals surface area contributed by atoms with E-state index in [1.54, 1.807) is 13.4 Å². The van der Waals surface area contributed by atoms with Crippen molar-refractivity contribution in [1.29, 1.82) is 0 Å². The van der Waals surface area contributed by atoms with Crippen molar-refractivity contribution in [3.8, 4) is 5.75 Å². The molecule has 0 unspecified atom stereocenters. The predicted octanol–water partition coefficient (Wildman–Crippen LogP) is 4.27. The number of anilines is 1. The lowest BCUT2D eigenvalue weighted by Gasteiger charge is -2.49. The van der Waals surface area contributed by atoms with Crippen LogP contribution in [-0.2, 0) is 11.3 Å². The number of methoxy groups -OCH3 is 1. The largest absolute Gasteiger partial charge is 0.497 e. The zero-order valence-corrected chi connectivity index (χ0v) is 23.9. The van der Waals surface area contributed by atoms with E-state index < -0.39 is 0 Å². The Hall–Kier alpha value is -3.24. The molecular weight excluding hydrogens is 492 g/mol. The molecule has 6 rings (SSSR count). The molecule has 5 heterocycles. The Bertz CT molecular complexity index is 1460. The Balaban J connectivity index is 1.36. The summed E-state index contributed by atoms with van der Waals surface area (Å²) in [5, 5.41) is 8.55. The van der Waals surface area contributed by atoms with Crippen molar-refractivity contribution >= 4 is 22.8 Å². The number of ether oxygens (including phenoxy) is 2. The molecular formula is C29H40N8O2. The molecule has 208 valence electrons. The van der Waals surface area contributed by atoms with Gasteiger partial charge in [0.05, 0.1) is 19.8 Å². The highest BCUT2D eigenvalue weighted by molar-refractivity contribution is 5.87. The second-order valence-electron chi connectivity index (χ2n) is 11.5. The van der Waals surface area contributed by atoms with Crippen LogP contribution in [0.1, 0.15) is 58.0 Å². The van der Waals surface area contributed by atoms with Gasteiger partial charge in [-0.1, -0.05) is 26.0 Å². The van der Waals surface area contributed by atoms with Gasteiger partial charge in [0.15, 0.2) is 11.5 Å². The lowest BCUT2D eigenvalue weighted by molar-refractivity contribution is 0.0820.